The molecule has 0 atom stereocenters. The van der Waals surface area contributed by atoms with Crippen molar-refractivity contribution in [3.8, 4) is 11.3 Å². The second-order valence-electron chi connectivity index (χ2n) is 6.39. The van der Waals surface area contributed by atoms with E-state index < -0.39 is 0 Å². The summed E-state index contributed by atoms with van der Waals surface area (Å²) in [5, 5.41) is 14.6. The largest absolute Gasteiger partial charge is 0.283 e. The second-order valence-corrected chi connectivity index (χ2v) is 6.39. The summed E-state index contributed by atoms with van der Waals surface area (Å²) in [5.41, 5.74) is 9.19. The maximum Gasteiger partial charge on any atom is 0.147 e. The molecule has 0 fully saturated rings. The maximum absolute atomic E-state index is 8.59. The molecular weight excluding hydrogens is 298 g/mol. The Hall–Kier alpha value is -2.40. The van der Waals surface area contributed by atoms with E-state index in [1.807, 2.05) is 24.7 Å². The van der Waals surface area contributed by atoms with E-state index in [0.717, 1.165) is 28.1 Å². The number of aromatic nitrogens is 2. The van der Waals surface area contributed by atoms with E-state index in [1.54, 1.807) is 18.3 Å². The lowest BCUT2D eigenvalue weighted by atomic mass is 9.90. The van der Waals surface area contributed by atoms with Crippen molar-refractivity contribution in [2.75, 3.05) is 7.05 Å². The zero-order valence-electron chi connectivity index (χ0n) is 15.4. The molecule has 1 heterocycles. The van der Waals surface area contributed by atoms with E-state index in [4.69, 9.17) is 5.41 Å². The number of allylic oxidation sites excluding steroid dienone is 1. The van der Waals surface area contributed by atoms with Gasteiger partial charge in [-0.15, -0.1) is 0 Å². The van der Waals surface area contributed by atoms with Crippen molar-refractivity contribution < 1.29 is 0 Å². The minimum absolute atomic E-state index is 0.387. The first kappa shape index (κ1) is 17.9. The summed E-state index contributed by atoms with van der Waals surface area (Å²) in [6, 6.07) is 6.29. The summed E-state index contributed by atoms with van der Waals surface area (Å²) < 4.78 is 1.87. The molecule has 1 aromatic carbocycles. The highest BCUT2D eigenvalue weighted by Crippen LogP contribution is 2.32. The highest BCUT2D eigenvalue weighted by atomic mass is 15.5. The van der Waals surface area contributed by atoms with Gasteiger partial charge in [-0.3, -0.25) is 15.1 Å². The van der Waals surface area contributed by atoms with Crippen LogP contribution in [0.15, 0.2) is 36.7 Å². The molecule has 24 heavy (non-hydrogen) atoms. The highest BCUT2D eigenvalue weighted by molar-refractivity contribution is 5.99. The van der Waals surface area contributed by atoms with Gasteiger partial charge in [-0.2, -0.15) is 5.10 Å². The molecule has 0 bridgehead atoms. The Morgan fingerprint density at radius 1 is 1.38 bits per heavy atom. The van der Waals surface area contributed by atoms with Crippen molar-refractivity contribution in [3.05, 3.63) is 53.4 Å². The van der Waals surface area contributed by atoms with Crippen LogP contribution in [-0.4, -0.2) is 27.7 Å². The Bertz CT molecular complexity index is 770. The van der Waals surface area contributed by atoms with Gasteiger partial charge in [0.1, 0.15) is 5.84 Å². The number of hydrogen-bond acceptors (Lipinski definition) is 3. The minimum atomic E-state index is 0.387. The van der Waals surface area contributed by atoms with Crippen molar-refractivity contribution in [1.82, 2.24) is 20.2 Å². The van der Waals surface area contributed by atoms with Crippen molar-refractivity contribution in [1.29, 1.82) is 5.41 Å². The fourth-order valence-electron chi connectivity index (χ4n) is 2.94. The van der Waals surface area contributed by atoms with Crippen molar-refractivity contribution >= 4 is 5.84 Å². The number of benzene rings is 1. The molecule has 0 aliphatic rings. The summed E-state index contributed by atoms with van der Waals surface area (Å²) in [7, 11) is 3.74. The molecule has 0 saturated heterocycles. The van der Waals surface area contributed by atoms with Gasteiger partial charge in [0.15, 0.2) is 0 Å². The first-order valence-electron chi connectivity index (χ1n) is 8.12. The number of hydrazine groups is 1. The zero-order valence-corrected chi connectivity index (χ0v) is 15.4. The Balaban J connectivity index is 2.65. The SMILES string of the molecule is C=C(C)N(NC)C(=N)c1cc(-c2ccnn2C)c(C(C)C)cc1C. The summed E-state index contributed by atoms with van der Waals surface area (Å²) in [6.07, 6.45) is 1.80. The molecule has 0 radical (unpaired) electrons. The molecule has 5 nitrogen and oxygen atoms in total. The number of nitrogens with one attached hydrogen (secondary N) is 2. The Morgan fingerprint density at radius 3 is 2.50 bits per heavy atom. The number of nitrogens with zero attached hydrogens (tertiary/aromatic N) is 3. The molecular formula is C19H27N5. The van der Waals surface area contributed by atoms with Crippen LogP contribution < -0.4 is 5.43 Å². The molecule has 0 saturated carbocycles. The van der Waals surface area contributed by atoms with E-state index in [9.17, 15) is 0 Å². The third-order valence-electron chi connectivity index (χ3n) is 4.20. The summed E-state index contributed by atoms with van der Waals surface area (Å²) >= 11 is 0. The van der Waals surface area contributed by atoms with Crippen LogP contribution in [0.1, 0.15) is 43.4 Å². The molecule has 128 valence electrons. The zero-order chi connectivity index (χ0) is 18.0. The lowest BCUT2D eigenvalue weighted by Gasteiger charge is -2.26. The van der Waals surface area contributed by atoms with Crippen LogP contribution in [-0.2, 0) is 7.05 Å². The lowest BCUT2D eigenvalue weighted by Crippen LogP contribution is -2.39. The van der Waals surface area contributed by atoms with Crippen LogP contribution >= 0.6 is 0 Å². The standard InChI is InChI=1S/C19H27N5/c1-12(2)15-10-14(5)16(19(20)24(21-6)13(3)4)11-17(15)18-8-9-22-23(18)7/h8-12,20-21H,3H2,1-2,4-7H3. The average molecular weight is 325 g/mol. The van der Waals surface area contributed by atoms with Gasteiger partial charge in [-0.1, -0.05) is 26.5 Å². The van der Waals surface area contributed by atoms with Crippen LogP contribution in [0.3, 0.4) is 0 Å². The highest BCUT2D eigenvalue weighted by Gasteiger charge is 2.19. The topological polar surface area (TPSA) is 56.9 Å². The molecule has 2 N–H and O–H groups in total. The minimum Gasteiger partial charge on any atom is -0.283 e. The second kappa shape index (κ2) is 7.01. The third kappa shape index (κ3) is 3.26. The van der Waals surface area contributed by atoms with Gasteiger partial charge in [-0.25, -0.2) is 5.43 Å². The predicted molar refractivity (Wildman–Crippen MR) is 100 cm³/mol. The van der Waals surface area contributed by atoms with Gasteiger partial charge in [0.2, 0.25) is 0 Å². The molecule has 0 unspecified atom stereocenters. The van der Waals surface area contributed by atoms with E-state index in [2.05, 4.69) is 50.0 Å². The molecule has 2 aromatic rings. The van der Waals surface area contributed by atoms with Crippen LogP contribution in [0.25, 0.3) is 11.3 Å². The summed E-state index contributed by atoms with van der Waals surface area (Å²) in [6.45, 7) is 12.2. The van der Waals surface area contributed by atoms with E-state index in [0.29, 0.717) is 11.8 Å². The number of hydrogen-bond donors (Lipinski definition) is 2. The molecule has 2 rings (SSSR count). The monoisotopic (exact) mass is 325 g/mol. The van der Waals surface area contributed by atoms with E-state index >= 15 is 0 Å². The van der Waals surface area contributed by atoms with Gasteiger partial charge in [-0.05, 0) is 43.0 Å². The Kier molecular flexibility index (Phi) is 5.24. The number of amidine groups is 1. The predicted octanol–water partition coefficient (Wildman–Crippen LogP) is 3.81. The summed E-state index contributed by atoms with van der Waals surface area (Å²) in [4.78, 5) is 0. The van der Waals surface area contributed by atoms with Crippen LogP contribution in [0.2, 0.25) is 0 Å². The molecule has 5 heteroatoms. The molecule has 0 aliphatic heterocycles. The van der Waals surface area contributed by atoms with Crippen LogP contribution in [0.4, 0.5) is 0 Å². The van der Waals surface area contributed by atoms with Gasteiger partial charge in [0.25, 0.3) is 0 Å². The first-order chi connectivity index (χ1) is 11.3. The van der Waals surface area contributed by atoms with Gasteiger partial charge >= 0.3 is 0 Å². The van der Waals surface area contributed by atoms with Gasteiger partial charge in [0, 0.05) is 37.1 Å². The van der Waals surface area contributed by atoms with Crippen molar-refractivity contribution in [3.63, 3.8) is 0 Å². The maximum atomic E-state index is 8.59. The van der Waals surface area contributed by atoms with Crippen LogP contribution in [0.5, 0.6) is 0 Å². The lowest BCUT2D eigenvalue weighted by molar-refractivity contribution is 0.418. The number of aryl methyl sites for hydroxylation is 2. The first-order valence-corrected chi connectivity index (χ1v) is 8.12. The molecule has 0 spiro atoms. The number of rotatable bonds is 5. The van der Waals surface area contributed by atoms with Crippen molar-refractivity contribution in [2.45, 2.75) is 33.6 Å². The van der Waals surface area contributed by atoms with E-state index in [1.165, 1.54) is 5.56 Å². The Morgan fingerprint density at radius 2 is 2.04 bits per heavy atom. The quantitative estimate of drug-likeness (QED) is 0.499. The molecule has 1 aromatic heterocycles. The van der Waals surface area contributed by atoms with Gasteiger partial charge in [0.05, 0.1) is 5.69 Å². The average Bonchev–Trinajstić information content (AvgIpc) is 2.93. The smallest absolute Gasteiger partial charge is 0.147 e. The fraction of sp³-hybridized carbons (Fsp3) is 0.368. The van der Waals surface area contributed by atoms with Crippen molar-refractivity contribution in [2.24, 2.45) is 7.05 Å². The van der Waals surface area contributed by atoms with Crippen LogP contribution in [0, 0.1) is 12.3 Å². The third-order valence-corrected chi connectivity index (χ3v) is 4.20. The fourth-order valence-corrected chi connectivity index (χ4v) is 2.94. The van der Waals surface area contributed by atoms with Gasteiger partial charge < -0.3 is 0 Å². The molecule has 0 aliphatic carbocycles. The Labute approximate surface area is 144 Å². The summed E-state index contributed by atoms with van der Waals surface area (Å²) in [5.74, 6) is 0.777. The van der Waals surface area contributed by atoms with E-state index in [-0.39, 0.29) is 0 Å². The molecule has 0 amide bonds. The normalized spacial score (nSPS) is 11.0.